The number of halogens is 1. The van der Waals surface area contributed by atoms with Crippen molar-refractivity contribution < 1.29 is 9.90 Å². The number of aliphatic hydroxyl groups is 1. The van der Waals surface area contributed by atoms with E-state index in [2.05, 4.69) is 5.32 Å². The number of amides is 1. The molecule has 2 N–H and O–H groups in total. The average molecular weight is 304 g/mol. The Labute approximate surface area is 129 Å². The van der Waals surface area contributed by atoms with E-state index in [4.69, 9.17) is 11.6 Å². The molecule has 0 radical (unpaired) electrons. The summed E-state index contributed by atoms with van der Waals surface area (Å²) in [5, 5.41) is 12.7. The Morgan fingerprint density at radius 2 is 1.90 bits per heavy atom. The first kappa shape index (κ1) is 15.5. The van der Waals surface area contributed by atoms with Gasteiger partial charge in [0.05, 0.1) is 23.2 Å². The van der Waals surface area contributed by atoms with Crippen LogP contribution in [0.25, 0.3) is 0 Å². The third-order valence-corrected chi connectivity index (χ3v) is 3.82. The molecule has 0 aliphatic rings. The molecule has 0 aliphatic carbocycles. The highest BCUT2D eigenvalue weighted by molar-refractivity contribution is 6.34. The van der Waals surface area contributed by atoms with Crippen LogP contribution in [0.2, 0.25) is 5.02 Å². The third kappa shape index (κ3) is 4.06. The first-order valence-corrected chi connectivity index (χ1v) is 7.20. The van der Waals surface area contributed by atoms with Crippen LogP contribution < -0.4 is 5.32 Å². The van der Waals surface area contributed by atoms with E-state index in [0.29, 0.717) is 17.0 Å². The van der Waals surface area contributed by atoms with Gasteiger partial charge in [0, 0.05) is 0 Å². The standard InChI is InChI=1S/C17H18ClNO2/c1-12-6-5-9-15(16(12)18)17(21)19-14(11-20)10-13-7-3-2-4-8-13/h2-9,14,20H,10-11H2,1H3,(H,19,21). The van der Waals surface area contributed by atoms with Crippen molar-refractivity contribution in [1.82, 2.24) is 5.32 Å². The van der Waals surface area contributed by atoms with Crippen molar-refractivity contribution in [2.45, 2.75) is 19.4 Å². The molecule has 4 heteroatoms. The van der Waals surface area contributed by atoms with Gasteiger partial charge in [-0.05, 0) is 30.5 Å². The van der Waals surface area contributed by atoms with Crippen molar-refractivity contribution in [3.63, 3.8) is 0 Å². The number of carbonyl (C=O) groups is 1. The molecule has 0 saturated heterocycles. The monoisotopic (exact) mass is 303 g/mol. The summed E-state index contributed by atoms with van der Waals surface area (Å²) < 4.78 is 0. The van der Waals surface area contributed by atoms with Crippen molar-refractivity contribution in [1.29, 1.82) is 0 Å². The van der Waals surface area contributed by atoms with Gasteiger partial charge in [-0.3, -0.25) is 4.79 Å². The molecule has 0 aliphatic heterocycles. The number of nitrogens with one attached hydrogen (secondary N) is 1. The molecular weight excluding hydrogens is 286 g/mol. The maximum absolute atomic E-state index is 12.3. The van der Waals surface area contributed by atoms with Crippen molar-refractivity contribution in [2.24, 2.45) is 0 Å². The second-order valence-corrected chi connectivity index (χ2v) is 5.36. The molecule has 0 spiro atoms. The van der Waals surface area contributed by atoms with Gasteiger partial charge in [-0.25, -0.2) is 0 Å². The number of rotatable bonds is 5. The maximum atomic E-state index is 12.3. The number of hydrogen-bond acceptors (Lipinski definition) is 2. The number of hydrogen-bond donors (Lipinski definition) is 2. The lowest BCUT2D eigenvalue weighted by atomic mass is 10.1. The number of benzene rings is 2. The van der Waals surface area contributed by atoms with Crippen molar-refractivity contribution in [2.75, 3.05) is 6.61 Å². The summed E-state index contributed by atoms with van der Waals surface area (Å²) in [6, 6.07) is 14.7. The van der Waals surface area contributed by atoms with E-state index in [0.717, 1.165) is 11.1 Å². The molecule has 0 bridgehead atoms. The van der Waals surface area contributed by atoms with Crippen LogP contribution in [-0.4, -0.2) is 23.7 Å². The quantitative estimate of drug-likeness (QED) is 0.892. The number of aliphatic hydroxyl groups excluding tert-OH is 1. The van der Waals surface area contributed by atoms with Crippen molar-refractivity contribution >= 4 is 17.5 Å². The Morgan fingerprint density at radius 3 is 2.57 bits per heavy atom. The van der Waals surface area contributed by atoms with Crippen LogP contribution in [0.5, 0.6) is 0 Å². The number of carbonyl (C=O) groups excluding carboxylic acids is 1. The van der Waals surface area contributed by atoms with E-state index in [1.54, 1.807) is 12.1 Å². The van der Waals surface area contributed by atoms with Gasteiger partial charge in [-0.1, -0.05) is 54.1 Å². The molecule has 21 heavy (non-hydrogen) atoms. The lowest BCUT2D eigenvalue weighted by molar-refractivity contribution is 0.0916. The fraction of sp³-hybridized carbons (Fsp3) is 0.235. The summed E-state index contributed by atoms with van der Waals surface area (Å²) in [4.78, 5) is 12.3. The fourth-order valence-electron chi connectivity index (χ4n) is 2.15. The second-order valence-electron chi connectivity index (χ2n) is 4.98. The van der Waals surface area contributed by atoms with Gasteiger partial charge in [-0.2, -0.15) is 0 Å². The highest BCUT2D eigenvalue weighted by atomic mass is 35.5. The Morgan fingerprint density at radius 1 is 1.19 bits per heavy atom. The molecule has 2 aromatic carbocycles. The molecule has 0 heterocycles. The minimum absolute atomic E-state index is 0.121. The summed E-state index contributed by atoms with van der Waals surface area (Å²) in [7, 11) is 0. The molecule has 1 atom stereocenters. The molecule has 3 nitrogen and oxygen atoms in total. The third-order valence-electron chi connectivity index (χ3n) is 3.32. The van der Waals surface area contributed by atoms with E-state index < -0.39 is 0 Å². The zero-order chi connectivity index (χ0) is 15.2. The second kappa shape index (κ2) is 7.25. The van der Waals surface area contributed by atoms with Gasteiger partial charge in [0.2, 0.25) is 0 Å². The number of aryl methyl sites for hydroxylation is 1. The lowest BCUT2D eigenvalue weighted by Gasteiger charge is -2.17. The van der Waals surface area contributed by atoms with Crippen LogP contribution >= 0.6 is 11.6 Å². The van der Waals surface area contributed by atoms with Crippen LogP contribution in [0, 0.1) is 6.92 Å². The van der Waals surface area contributed by atoms with Crippen LogP contribution in [0.4, 0.5) is 0 Å². The smallest absolute Gasteiger partial charge is 0.253 e. The van der Waals surface area contributed by atoms with Gasteiger partial charge in [0.15, 0.2) is 0 Å². The Hall–Kier alpha value is -1.84. The molecule has 2 rings (SSSR count). The molecule has 0 aromatic heterocycles. The summed E-state index contributed by atoms with van der Waals surface area (Å²) in [6.45, 7) is 1.73. The van der Waals surface area contributed by atoms with Gasteiger partial charge < -0.3 is 10.4 Å². The van der Waals surface area contributed by atoms with E-state index in [1.165, 1.54) is 0 Å². The fourth-order valence-corrected chi connectivity index (χ4v) is 2.36. The Bertz CT molecular complexity index is 613. The predicted molar refractivity (Wildman–Crippen MR) is 84.7 cm³/mol. The molecule has 1 amide bonds. The zero-order valence-electron chi connectivity index (χ0n) is 11.8. The molecular formula is C17H18ClNO2. The molecule has 1 unspecified atom stereocenters. The lowest BCUT2D eigenvalue weighted by Crippen LogP contribution is -2.39. The zero-order valence-corrected chi connectivity index (χ0v) is 12.6. The molecule has 110 valence electrons. The topological polar surface area (TPSA) is 49.3 Å². The Balaban J connectivity index is 2.08. The van der Waals surface area contributed by atoms with Gasteiger partial charge in [-0.15, -0.1) is 0 Å². The summed E-state index contributed by atoms with van der Waals surface area (Å²) >= 11 is 6.15. The van der Waals surface area contributed by atoms with Crippen LogP contribution in [-0.2, 0) is 6.42 Å². The van der Waals surface area contributed by atoms with E-state index in [1.807, 2.05) is 43.3 Å². The largest absolute Gasteiger partial charge is 0.394 e. The summed E-state index contributed by atoms with van der Waals surface area (Å²) in [5.74, 6) is -0.265. The summed E-state index contributed by atoms with van der Waals surface area (Å²) in [5.41, 5.74) is 2.35. The molecule has 2 aromatic rings. The van der Waals surface area contributed by atoms with Gasteiger partial charge in [0.1, 0.15) is 0 Å². The van der Waals surface area contributed by atoms with E-state index >= 15 is 0 Å². The van der Waals surface area contributed by atoms with Crippen LogP contribution in [0.1, 0.15) is 21.5 Å². The first-order chi connectivity index (χ1) is 10.1. The van der Waals surface area contributed by atoms with Gasteiger partial charge in [0.25, 0.3) is 5.91 Å². The van der Waals surface area contributed by atoms with E-state index in [9.17, 15) is 9.90 Å². The highest BCUT2D eigenvalue weighted by Crippen LogP contribution is 2.20. The SMILES string of the molecule is Cc1cccc(C(=O)NC(CO)Cc2ccccc2)c1Cl. The van der Waals surface area contributed by atoms with Crippen LogP contribution in [0.3, 0.4) is 0 Å². The normalized spacial score (nSPS) is 12.0. The predicted octanol–water partition coefficient (Wildman–Crippen LogP) is 2.98. The average Bonchev–Trinajstić information content (AvgIpc) is 2.50. The minimum atomic E-state index is -0.337. The minimum Gasteiger partial charge on any atom is -0.394 e. The first-order valence-electron chi connectivity index (χ1n) is 6.82. The highest BCUT2D eigenvalue weighted by Gasteiger charge is 2.16. The van der Waals surface area contributed by atoms with Crippen molar-refractivity contribution in [3.05, 3.63) is 70.2 Å². The molecule has 0 saturated carbocycles. The Kier molecular flexibility index (Phi) is 5.37. The molecule has 0 fully saturated rings. The van der Waals surface area contributed by atoms with E-state index in [-0.39, 0.29) is 18.6 Å². The summed E-state index contributed by atoms with van der Waals surface area (Å²) in [6.07, 6.45) is 0.576. The van der Waals surface area contributed by atoms with Crippen molar-refractivity contribution in [3.8, 4) is 0 Å². The maximum Gasteiger partial charge on any atom is 0.253 e. The van der Waals surface area contributed by atoms with Crippen LogP contribution in [0.15, 0.2) is 48.5 Å². The van der Waals surface area contributed by atoms with Gasteiger partial charge >= 0.3 is 0 Å².